The number of hydrogen-bond donors (Lipinski definition) is 0. The average Bonchev–Trinajstić information content (AvgIpc) is 2.52. The molecule has 0 bridgehead atoms. The molecular weight excluding hydrogens is 162 g/mol. The van der Waals surface area contributed by atoms with Crippen molar-refractivity contribution in [2.45, 2.75) is 33.2 Å². The third kappa shape index (κ3) is 2.58. The standard InChI is InChI=1S/C11H19NO/c1-5-6-9(4)11-12-10(7-13-11)8(2)3/h5,8-10H,1,6-7H2,2-4H3/t9-,10-/m1/s1. The van der Waals surface area contributed by atoms with Gasteiger partial charge >= 0.3 is 0 Å². The normalized spacial score (nSPS) is 24.0. The number of ether oxygens (including phenoxy) is 1. The SMILES string of the molecule is C=CC[C@@H](C)C1=N[C@@H](C(C)C)CO1. The van der Waals surface area contributed by atoms with Crippen LogP contribution >= 0.6 is 0 Å². The van der Waals surface area contributed by atoms with Gasteiger partial charge in [-0.2, -0.15) is 0 Å². The summed E-state index contributed by atoms with van der Waals surface area (Å²) >= 11 is 0. The molecule has 0 amide bonds. The minimum Gasteiger partial charge on any atom is -0.478 e. The van der Waals surface area contributed by atoms with E-state index in [0.717, 1.165) is 18.9 Å². The molecule has 0 saturated heterocycles. The van der Waals surface area contributed by atoms with Gasteiger partial charge in [0, 0.05) is 5.92 Å². The minimum atomic E-state index is 0.363. The van der Waals surface area contributed by atoms with E-state index < -0.39 is 0 Å². The molecule has 1 aliphatic heterocycles. The van der Waals surface area contributed by atoms with E-state index in [1.165, 1.54) is 0 Å². The maximum Gasteiger partial charge on any atom is 0.186 e. The van der Waals surface area contributed by atoms with Gasteiger partial charge in [0.05, 0.1) is 6.04 Å². The Morgan fingerprint density at radius 3 is 2.77 bits per heavy atom. The third-order valence-corrected chi connectivity index (χ3v) is 2.41. The largest absolute Gasteiger partial charge is 0.478 e. The summed E-state index contributed by atoms with van der Waals surface area (Å²) in [6.45, 7) is 11.0. The summed E-state index contributed by atoms with van der Waals surface area (Å²) in [4.78, 5) is 4.55. The smallest absolute Gasteiger partial charge is 0.186 e. The van der Waals surface area contributed by atoms with Gasteiger partial charge in [0.1, 0.15) is 6.61 Å². The number of rotatable bonds is 4. The van der Waals surface area contributed by atoms with Gasteiger partial charge in [-0.15, -0.1) is 6.58 Å². The molecule has 1 rings (SSSR count). The number of nitrogens with zero attached hydrogens (tertiary/aromatic N) is 1. The van der Waals surface area contributed by atoms with Crippen molar-refractivity contribution in [2.75, 3.05) is 6.61 Å². The molecule has 2 heteroatoms. The summed E-state index contributed by atoms with van der Waals surface area (Å²) in [5.41, 5.74) is 0. The van der Waals surface area contributed by atoms with Gasteiger partial charge in [-0.05, 0) is 12.3 Å². The predicted molar refractivity (Wildman–Crippen MR) is 56.0 cm³/mol. The van der Waals surface area contributed by atoms with E-state index in [2.05, 4.69) is 32.3 Å². The lowest BCUT2D eigenvalue weighted by atomic mass is 10.1. The van der Waals surface area contributed by atoms with Gasteiger partial charge < -0.3 is 4.74 Å². The second-order valence-corrected chi connectivity index (χ2v) is 4.02. The molecule has 2 nitrogen and oxygen atoms in total. The van der Waals surface area contributed by atoms with Crippen molar-refractivity contribution in [3.63, 3.8) is 0 Å². The molecule has 1 heterocycles. The fourth-order valence-electron chi connectivity index (χ4n) is 1.37. The van der Waals surface area contributed by atoms with Crippen LogP contribution in [0.3, 0.4) is 0 Å². The molecule has 0 aromatic rings. The highest BCUT2D eigenvalue weighted by molar-refractivity contribution is 5.80. The molecule has 0 aromatic heterocycles. The van der Waals surface area contributed by atoms with Crippen molar-refractivity contribution in [3.8, 4) is 0 Å². The fourth-order valence-corrected chi connectivity index (χ4v) is 1.37. The van der Waals surface area contributed by atoms with Crippen LogP contribution in [0.4, 0.5) is 0 Å². The summed E-state index contributed by atoms with van der Waals surface area (Å²) < 4.78 is 5.54. The Kier molecular flexibility index (Phi) is 3.52. The summed E-state index contributed by atoms with van der Waals surface area (Å²) in [6, 6.07) is 0.363. The highest BCUT2D eigenvalue weighted by atomic mass is 16.5. The second-order valence-electron chi connectivity index (χ2n) is 4.02. The zero-order valence-corrected chi connectivity index (χ0v) is 8.79. The monoisotopic (exact) mass is 181 g/mol. The van der Waals surface area contributed by atoms with Crippen LogP contribution in [-0.4, -0.2) is 18.5 Å². The van der Waals surface area contributed by atoms with Crippen molar-refractivity contribution < 1.29 is 4.74 Å². The van der Waals surface area contributed by atoms with Gasteiger partial charge in [0.15, 0.2) is 5.90 Å². The molecule has 74 valence electrons. The molecule has 0 aliphatic carbocycles. The van der Waals surface area contributed by atoms with E-state index in [-0.39, 0.29) is 0 Å². The van der Waals surface area contributed by atoms with Crippen LogP contribution in [0.2, 0.25) is 0 Å². The van der Waals surface area contributed by atoms with Crippen LogP contribution in [0, 0.1) is 11.8 Å². The molecule has 13 heavy (non-hydrogen) atoms. The third-order valence-electron chi connectivity index (χ3n) is 2.41. The Labute approximate surface area is 80.7 Å². The van der Waals surface area contributed by atoms with E-state index in [1.54, 1.807) is 0 Å². The topological polar surface area (TPSA) is 21.6 Å². The lowest BCUT2D eigenvalue weighted by molar-refractivity contribution is 0.278. The molecule has 2 atom stereocenters. The summed E-state index contributed by atoms with van der Waals surface area (Å²) in [5, 5.41) is 0. The highest BCUT2D eigenvalue weighted by Gasteiger charge is 2.24. The van der Waals surface area contributed by atoms with Crippen LogP contribution in [0.15, 0.2) is 17.6 Å². The average molecular weight is 181 g/mol. The highest BCUT2D eigenvalue weighted by Crippen LogP contribution is 2.18. The van der Waals surface area contributed by atoms with Gasteiger partial charge in [-0.3, -0.25) is 0 Å². The second kappa shape index (κ2) is 4.45. The lowest BCUT2D eigenvalue weighted by Crippen LogP contribution is -2.13. The zero-order chi connectivity index (χ0) is 9.84. The molecule has 0 saturated carbocycles. The first-order valence-electron chi connectivity index (χ1n) is 4.96. The predicted octanol–water partition coefficient (Wildman–Crippen LogP) is 2.65. The Morgan fingerprint density at radius 2 is 2.31 bits per heavy atom. The van der Waals surface area contributed by atoms with Crippen molar-refractivity contribution in [1.82, 2.24) is 0 Å². The van der Waals surface area contributed by atoms with Crippen LogP contribution in [0.5, 0.6) is 0 Å². The van der Waals surface area contributed by atoms with Crippen LogP contribution in [0.25, 0.3) is 0 Å². The zero-order valence-electron chi connectivity index (χ0n) is 8.79. The molecule has 0 fully saturated rings. The van der Waals surface area contributed by atoms with E-state index >= 15 is 0 Å². The van der Waals surface area contributed by atoms with Gasteiger partial charge in [0.25, 0.3) is 0 Å². The summed E-state index contributed by atoms with van der Waals surface area (Å²) in [5.74, 6) is 1.88. The molecule has 1 aliphatic rings. The fraction of sp³-hybridized carbons (Fsp3) is 0.727. The quantitative estimate of drug-likeness (QED) is 0.611. The van der Waals surface area contributed by atoms with Gasteiger partial charge in [-0.1, -0.05) is 26.8 Å². The lowest BCUT2D eigenvalue weighted by Gasteiger charge is -2.07. The summed E-state index contributed by atoms with van der Waals surface area (Å²) in [6.07, 6.45) is 2.86. The van der Waals surface area contributed by atoms with Crippen molar-refractivity contribution >= 4 is 5.90 Å². The van der Waals surface area contributed by atoms with E-state index in [4.69, 9.17) is 4.74 Å². The maximum atomic E-state index is 5.54. The Hall–Kier alpha value is -0.790. The molecule has 0 N–H and O–H groups in total. The van der Waals surface area contributed by atoms with Crippen molar-refractivity contribution in [3.05, 3.63) is 12.7 Å². The van der Waals surface area contributed by atoms with Gasteiger partial charge in [0.2, 0.25) is 0 Å². The molecule has 0 spiro atoms. The van der Waals surface area contributed by atoms with Crippen LogP contribution < -0.4 is 0 Å². The molecular formula is C11H19NO. The number of hydrogen-bond acceptors (Lipinski definition) is 2. The van der Waals surface area contributed by atoms with E-state index in [9.17, 15) is 0 Å². The Balaban J connectivity index is 2.53. The first-order valence-corrected chi connectivity index (χ1v) is 4.96. The maximum absolute atomic E-state index is 5.54. The molecule has 0 aromatic carbocycles. The Morgan fingerprint density at radius 1 is 1.62 bits per heavy atom. The van der Waals surface area contributed by atoms with Crippen molar-refractivity contribution in [2.24, 2.45) is 16.8 Å². The first-order chi connectivity index (χ1) is 6.15. The number of allylic oxidation sites excluding steroid dienone is 1. The first kappa shape index (κ1) is 10.3. The molecule has 0 unspecified atom stereocenters. The molecule has 0 radical (unpaired) electrons. The van der Waals surface area contributed by atoms with E-state index in [1.807, 2.05) is 6.08 Å². The number of aliphatic imine (C=N–C) groups is 1. The minimum absolute atomic E-state index is 0.363. The van der Waals surface area contributed by atoms with Gasteiger partial charge in [-0.25, -0.2) is 4.99 Å². The van der Waals surface area contributed by atoms with E-state index in [0.29, 0.717) is 17.9 Å². The van der Waals surface area contributed by atoms with Crippen LogP contribution in [-0.2, 0) is 4.74 Å². The van der Waals surface area contributed by atoms with Crippen LogP contribution in [0.1, 0.15) is 27.2 Å². The van der Waals surface area contributed by atoms with Crippen molar-refractivity contribution in [1.29, 1.82) is 0 Å². The summed E-state index contributed by atoms with van der Waals surface area (Å²) in [7, 11) is 0. The Bertz CT molecular complexity index is 208.